The van der Waals surface area contributed by atoms with E-state index in [9.17, 15) is 9.59 Å². The Morgan fingerprint density at radius 2 is 0.811 bits per heavy atom. The van der Waals surface area contributed by atoms with Gasteiger partial charge in [0.15, 0.2) is 0 Å². The van der Waals surface area contributed by atoms with Crippen molar-refractivity contribution in [2.75, 3.05) is 0 Å². The molecule has 0 aromatic heterocycles. The van der Waals surface area contributed by atoms with Crippen LogP contribution in [0.15, 0.2) is 97.1 Å². The summed E-state index contributed by atoms with van der Waals surface area (Å²) in [4.78, 5) is 26.6. The molecule has 0 unspecified atom stereocenters. The van der Waals surface area contributed by atoms with E-state index in [0.717, 1.165) is 44.5 Å². The minimum absolute atomic E-state index is 0.217. The zero-order valence-corrected chi connectivity index (χ0v) is 23.8. The first-order valence-electron chi connectivity index (χ1n) is 12.9. The van der Waals surface area contributed by atoms with Gasteiger partial charge in [-0.05, 0) is 0 Å². The van der Waals surface area contributed by atoms with Gasteiger partial charge in [0, 0.05) is 0 Å². The van der Waals surface area contributed by atoms with Crippen LogP contribution < -0.4 is 0 Å². The SMILES string of the molecule is CCC(=O)[O][Sn]([O]C(=O)CC)([CH]1c2ccccc2-c2ccccc21)[CH]1c2ccccc2-c2ccccc21. The number of hydrogen-bond acceptors (Lipinski definition) is 4. The van der Waals surface area contributed by atoms with Gasteiger partial charge in [0.1, 0.15) is 0 Å². The summed E-state index contributed by atoms with van der Waals surface area (Å²) in [6.07, 6.45) is 0.433. The topological polar surface area (TPSA) is 52.6 Å². The Balaban J connectivity index is 1.71. The number of carbonyl (C=O) groups is 2. The van der Waals surface area contributed by atoms with Crippen LogP contribution in [0.1, 0.15) is 56.8 Å². The summed E-state index contributed by atoms with van der Waals surface area (Å²) in [6, 6.07) is 33.1. The molecule has 0 radical (unpaired) electrons. The molecule has 0 aliphatic heterocycles. The first kappa shape index (κ1) is 24.0. The molecule has 0 bridgehead atoms. The van der Waals surface area contributed by atoms with E-state index in [1.807, 2.05) is 48.5 Å². The second kappa shape index (κ2) is 9.49. The molecule has 0 atom stereocenters. The van der Waals surface area contributed by atoms with Gasteiger partial charge in [0.05, 0.1) is 0 Å². The van der Waals surface area contributed by atoms with Crippen LogP contribution in [-0.2, 0) is 15.7 Å². The van der Waals surface area contributed by atoms with E-state index in [0.29, 0.717) is 0 Å². The first-order valence-corrected chi connectivity index (χ1v) is 18.5. The standard InChI is InChI=1S/2C13H9.2C3H6O2.Sn/c2*1-3-7-12-10(5-1)9-11-6-2-4-8-13(11)12;2*1-2-3(4)5;/h2*1-9H;2*2H2,1H3,(H,4,5);/q;;;;+2/p-2. The number of rotatable bonds is 6. The second-order valence-corrected chi connectivity index (χ2v) is 18.2. The second-order valence-electron chi connectivity index (χ2n) is 9.59. The van der Waals surface area contributed by atoms with Gasteiger partial charge in [-0.25, -0.2) is 0 Å². The Morgan fingerprint density at radius 1 is 0.541 bits per heavy atom. The molecular weight excluding hydrogens is 567 g/mol. The average Bonchev–Trinajstić information content (AvgIpc) is 3.46. The zero-order valence-electron chi connectivity index (χ0n) is 20.9. The quantitative estimate of drug-likeness (QED) is 0.225. The van der Waals surface area contributed by atoms with Crippen molar-refractivity contribution in [3.8, 4) is 22.3 Å². The van der Waals surface area contributed by atoms with Crippen molar-refractivity contribution in [2.45, 2.75) is 34.6 Å². The van der Waals surface area contributed by atoms with Crippen LogP contribution in [-0.4, -0.2) is 31.1 Å². The number of hydrogen-bond donors (Lipinski definition) is 0. The number of fused-ring (bicyclic) bond motifs is 6. The predicted molar refractivity (Wildman–Crippen MR) is 146 cm³/mol. The first-order chi connectivity index (χ1) is 18.1. The molecule has 0 amide bonds. The van der Waals surface area contributed by atoms with Crippen LogP contribution in [0.4, 0.5) is 0 Å². The Bertz CT molecular complexity index is 1320. The van der Waals surface area contributed by atoms with E-state index in [2.05, 4.69) is 48.5 Å². The van der Waals surface area contributed by atoms with Gasteiger partial charge in [-0.2, -0.15) is 0 Å². The summed E-state index contributed by atoms with van der Waals surface area (Å²) in [5, 5.41) is 0. The van der Waals surface area contributed by atoms with E-state index >= 15 is 0 Å². The van der Waals surface area contributed by atoms with Crippen molar-refractivity contribution >= 4 is 31.1 Å². The summed E-state index contributed by atoms with van der Waals surface area (Å²) in [7, 11) is 0. The van der Waals surface area contributed by atoms with Gasteiger partial charge < -0.3 is 0 Å². The molecule has 2 aliphatic rings. The third-order valence-corrected chi connectivity index (χ3v) is 18.9. The molecule has 184 valence electrons. The van der Waals surface area contributed by atoms with E-state index < -0.39 is 19.2 Å². The van der Waals surface area contributed by atoms with Gasteiger partial charge in [0.2, 0.25) is 0 Å². The monoisotopic (exact) mass is 596 g/mol. The summed E-state index contributed by atoms with van der Waals surface area (Å²) < 4.78 is 12.8. The Morgan fingerprint density at radius 3 is 1.08 bits per heavy atom. The Hall–Kier alpha value is -3.38. The van der Waals surface area contributed by atoms with Crippen LogP contribution in [0.2, 0.25) is 0 Å². The van der Waals surface area contributed by atoms with Crippen molar-refractivity contribution < 1.29 is 15.7 Å². The normalized spacial score (nSPS) is 13.9. The molecule has 0 saturated carbocycles. The Kier molecular flexibility index (Phi) is 6.15. The van der Waals surface area contributed by atoms with Gasteiger partial charge in [-0.1, -0.05) is 0 Å². The molecule has 0 N–H and O–H groups in total. The van der Waals surface area contributed by atoms with E-state index in [4.69, 9.17) is 6.15 Å². The molecule has 0 heterocycles. The van der Waals surface area contributed by atoms with Crippen molar-refractivity contribution in [1.82, 2.24) is 0 Å². The maximum atomic E-state index is 13.3. The predicted octanol–water partition coefficient (Wildman–Crippen LogP) is 7.04. The van der Waals surface area contributed by atoms with Crippen molar-refractivity contribution in [3.63, 3.8) is 0 Å². The third-order valence-electron chi connectivity index (χ3n) is 7.60. The van der Waals surface area contributed by atoms with E-state index in [-0.39, 0.29) is 32.6 Å². The molecule has 0 fully saturated rings. The molecular formula is C32H28O4Sn. The average molecular weight is 595 g/mol. The van der Waals surface area contributed by atoms with Crippen molar-refractivity contribution in [1.29, 1.82) is 0 Å². The fraction of sp³-hybridized carbons (Fsp3) is 0.188. The summed E-state index contributed by atoms with van der Waals surface area (Å²) in [5.74, 6) is -0.633. The van der Waals surface area contributed by atoms with Crippen LogP contribution in [0, 0.1) is 0 Å². The fourth-order valence-corrected chi connectivity index (χ4v) is 19.2. The van der Waals surface area contributed by atoms with Crippen molar-refractivity contribution in [2.24, 2.45) is 0 Å². The van der Waals surface area contributed by atoms with Crippen LogP contribution in [0.5, 0.6) is 0 Å². The zero-order chi connectivity index (χ0) is 25.6. The van der Waals surface area contributed by atoms with Crippen LogP contribution in [0.25, 0.3) is 22.3 Å². The number of carbonyl (C=O) groups excluding carboxylic acids is 2. The molecule has 4 aromatic rings. The van der Waals surface area contributed by atoms with Gasteiger partial charge in [-0.3, -0.25) is 0 Å². The van der Waals surface area contributed by atoms with Gasteiger partial charge in [-0.15, -0.1) is 0 Å². The minimum atomic E-state index is -4.92. The molecule has 0 saturated heterocycles. The maximum absolute atomic E-state index is 13.3. The van der Waals surface area contributed by atoms with Crippen LogP contribution in [0.3, 0.4) is 0 Å². The third kappa shape index (κ3) is 3.72. The summed E-state index contributed by atoms with van der Waals surface area (Å²) in [6.45, 7) is 3.60. The molecule has 6 rings (SSSR count). The van der Waals surface area contributed by atoms with E-state index in [1.54, 1.807) is 13.8 Å². The fourth-order valence-electron chi connectivity index (χ4n) is 6.10. The number of benzene rings is 4. The molecule has 4 aromatic carbocycles. The molecule has 2 aliphatic carbocycles. The van der Waals surface area contributed by atoms with Crippen molar-refractivity contribution in [3.05, 3.63) is 119 Å². The summed E-state index contributed by atoms with van der Waals surface area (Å²) in [5.41, 5.74) is 8.77. The molecule has 37 heavy (non-hydrogen) atoms. The summed E-state index contributed by atoms with van der Waals surface area (Å²) >= 11 is -4.92. The van der Waals surface area contributed by atoms with E-state index in [1.165, 1.54) is 0 Å². The molecule has 0 spiro atoms. The van der Waals surface area contributed by atoms with Crippen LogP contribution >= 0.6 is 0 Å². The molecule has 5 heteroatoms. The van der Waals surface area contributed by atoms with Gasteiger partial charge in [0.25, 0.3) is 0 Å². The molecule has 4 nitrogen and oxygen atoms in total. The van der Waals surface area contributed by atoms with Gasteiger partial charge >= 0.3 is 223 Å². The Labute approximate surface area is 222 Å².